The predicted octanol–water partition coefficient (Wildman–Crippen LogP) is 3.75. The highest BCUT2D eigenvalue weighted by Crippen LogP contribution is 2.41. The lowest BCUT2D eigenvalue weighted by Crippen LogP contribution is -2.40. The van der Waals surface area contributed by atoms with E-state index < -0.39 is 11.6 Å². The molecule has 1 aromatic carbocycles. The molecule has 2 aliphatic rings. The maximum absolute atomic E-state index is 15.1. The van der Waals surface area contributed by atoms with Gasteiger partial charge in [0, 0.05) is 24.3 Å². The summed E-state index contributed by atoms with van der Waals surface area (Å²) < 4.78 is 37.2. The summed E-state index contributed by atoms with van der Waals surface area (Å²) in [6.45, 7) is 2.52. The van der Waals surface area contributed by atoms with Gasteiger partial charge in [-0.3, -0.25) is 9.48 Å². The highest BCUT2D eigenvalue weighted by molar-refractivity contribution is 5.95. The molecular formula is C26H30F2N6O2. The zero-order chi connectivity index (χ0) is 25.2. The van der Waals surface area contributed by atoms with Gasteiger partial charge in [-0.25, -0.2) is 18.7 Å². The van der Waals surface area contributed by atoms with E-state index >= 15 is 4.39 Å². The largest absolute Gasteiger partial charge is 0.486 e. The molecular weight excluding hydrogens is 466 g/mol. The van der Waals surface area contributed by atoms with Gasteiger partial charge in [-0.2, -0.15) is 5.10 Å². The van der Waals surface area contributed by atoms with Crippen molar-refractivity contribution in [2.45, 2.75) is 44.7 Å². The van der Waals surface area contributed by atoms with Gasteiger partial charge in [-0.1, -0.05) is 12.8 Å². The number of carbonyl (C=O) groups excluding carboxylic acids is 1. The van der Waals surface area contributed by atoms with Gasteiger partial charge in [0.25, 0.3) is 0 Å². The van der Waals surface area contributed by atoms with E-state index in [1.54, 1.807) is 23.0 Å². The molecule has 0 radical (unpaired) electrons. The lowest BCUT2D eigenvalue weighted by atomic mass is 10.1. The Bertz CT molecular complexity index is 1260. The zero-order valence-corrected chi connectivity index (χ0v) is 20.6. The minimum Gasteiger partial charge on any atom is -0.486 e. The zero-order valence-electron chi connectivity index (χ0n) is 20.6. The summed E-state index contributed by atoms with van der Waals surface area (Å²) in [6, 6.07) is 4.95. The van der Waals surface area contributed by atoms with Crippen molar-refractivity contribution in [3.8, 4) is 17.0 Å². The van der Waals surface area contributed by atoms with Crippen LogP contribution < -0.4 is 9.64 Å². The number of rotatable bonds is 8. The molecule has 36 heavy (non-hydrogen) atoms. The second kappa shape index (κ2) is 10.3. The van der Waals surface area contributed by atoms with Gasteiger partial charge in [-0.05, 0) is 45.1 Å². The number of benzene rings is 1. The first-order chi connectivity index (χ1) is 17.4. The van der Waals surface area contributed by atoms with Crippen molar-refractivity contribution in [1.82, 2.24) is 24.6 Å². The van der Waals surface area contributed by atoms with Gasteiger partial charge in [-0.15, -0.1) is 0 Å². The van der Waals surface area contributed by atoms with Gasteiger partial charge >= 0.3 is 0 Å². The van der Waals surface area contributed by atoms with E-state index in [1.165, 1.54) is 6.07 Å². The fourth-order valence-electron chi connectivity index (χ4n) is 4.90. The second-order valence-electron chi connectivity index (χ2n) is 9.64. The number of carbonyl (C=O) groups is 1. The van der Waals surface area contributed by atoms with E-state index in [2.05, 4.69) is 20.0 Å². The first kappa shape index (κ1) is 24.3. The third-order valence-corrected chi connectivity index (χ3v) is 6.77. The summed E-state index contributed by atoms with van der Waals surface area (Å²) in [5, 5.41) is 4.32. The number of halogens is 2. The Kier molecular flexibility index (Phi) is 6.95. The van der Waals surface area contributed by atoms with Gasteiger partial charge < -0.3 is 14.5 Å². The van der Waals surface area contributed by atoms with Gasteiger partial charge in [0.2, 0.25) is 0 Å². The van der Waals surface area contributed by atoms with Crippen LogP contribution in [0.25, 0.3) is 11.3 Å². The molecule has 1 aliphatic carbocycles. The van der Waals surface area contributed by atoms with E-state index in [-0.39, 0.29) is 29.5 Å². The molecule has 5 rings (SSSR count). The average Bonchev–Trinajstić information content (AvgIpc) is 3.56. The molecule has 0 unspecified atom stereocenters. The number of anilines is 1. The first-order valence-electron chi connectivity index (χ1n) is 12.3. The van der Waals surface area contributed by atoms with Crippen molar-refractivity contribution in [1.29, 1.82) is 0 Å². The molecule has 0 saturated heterocycles. The van der Waals surface area contributed by atoms with Crippen LogP contribution in [0.3, 0.4) is 0 Å². The summed E-state index contributed by atoms with van der Waals surface area (Å²) in [7, 11) is 3.93. The minimum absolute atomic E-state index is 0.0389. The SMILES string of the molecule is CN(C)CCn1ccc(C(=O)Cc2ncc(F)c(-c3cc(F)c4c(c3)N(C3CCCC3)CCO4)n2)n1. The quantitative estimate of drug-likeness (QED) is 0.440. The highest BCUT2D eigenvalue weighted by atomic mass is 19.1. The van der Waals surface area contributed by atoms with Crippen LogP contribution in [0, 0.1) is 11.6 Å². The molecule has 0 spiro atoms. The second-order valence-corrected chi connectivity index (χ2v) is 9.64. The maximum atomic E-state index is 15.1. The number of hydrogen-bond donors (Lipinski definition) is 0. The van der Waals surface area contributed by atoms with E-state index in [4.69, 9.17) is 4.74 Å². The third kappa shape index (κ3) is 5.09. The number of aromatic nitrogens is 4. The Morgan fingerprint density at radius 1 is 1.19 bits per heavy atom. The molecule has 10 heteroatoms. The Balaban J connectivity index is 1.39. The van der Waals surface area contributed by atoms with Crippen LogP contribution in [0.1, 0.15) is 42.0 Å². The number of ketones is 1. The number of hydrogen-bond acceptors (Lipinski definition) is 7. The monoisotopic (exact) mass is 496 g/mol. The maximum Gasteiger partial charge on any atom is 0.190 e. The normalized spacial score (nSPS) is 15.9. The topological polar surface area (TPSA) is 76.4 Å². The fourth-order valence-corrected chi connectivity index (χ4v) is 4.90. The molecule has 190 valence electrons. The van der Waals surface area contributed by atoms with Crippen molar-refractivity contribution in [2.75, 3.05) is 38.7 Å². The number of Topliss-reactive ketones (excluding diaryl/α,β-unsaturated/α-hetero) is 1. The lowest BCUT2D eigenvalue weighted by molar-refractivity contribution is 0.0985. The summed E-state index contributed by atoms with van der Waals surface area (Å²) in [6.07, 6.45) is 7.03. The summed E-state index contributed by atoms with van der Waals surface area (Å²) >= 11 is 0. The molecule has 1 saturated carbocycles. The van der Waals surface area contributed by atoms with E-state index in [9.17, 15) is 9.18 Å². The van der Waals surface area contributed by atoms with E-state index in [0.29, 0.717) is 42.7 Å². The standard InChI is InChI=1S/C26H30F2N6O2/c1-32(2)9-10-33-8-7-21(31-33)23(35)15-24-29-16-20(28)25(30-24)17-13-19(27)26-22(14-17)34(11-12-36-26)18-5-3-4-6-18/h7-8,13-14,16,18H,3-6,9-12,15H2,1-2H3. The van der Waals surface area contributed by atoms with Crippen LogP contribution in [0.15, 0.2) is 30.6 Å². The lowest BCUT2D eigenvalue weighted by Gasteiger charge is -2.36. The Morgan fingerprint density at radius 3 is 2.78 bits per heavy atom. The Labute approximate surface area is 208 Å². The molecule has 0 atom stereocenters. The van der Waals surface area contributed by atoms with Crippen LogP contribution in [0.5, 0.6) is 5.75 Å². The van der Waals surface area contributed by atoms with Gasteiger partial charge in [0.1, 0.15) is 23.8 Å². The molecule has 1 fully saturated rings. The summed E-state index contributed by atoms with van der Waals surface area (Å²) in [5.41, 5.74) is 1.18. The van der Waals surface area contributed by atoms with E-state index in [1.807, 2.05) is 19.0 Å². The Morgan fingerprint density at radius 2 is 2.00 bits per heavy atom. The molecule has 0 bridgehead atoms. The van der Waals surface area contributed by atoms with Gasteiger partial charge in [0.05, 0.1) is 31.4 Å². The van der Waals surface area contributed by atoms with Crippen molar-refractivity contribution in [3.63, 3.8) is 0 Å². The first-order valence-corrected chi connectivity index (χ1v) is 12.3. The highest BCUT2D eigenvalue weighted by Gasteiger charge is 2.30. The average molecular weight is 497 g/mol. The molecule has 0 N–H and O–H groups in total. The summed E-state index contributed by atoms with van der Waals surface area (Å²) in [4.78, 5) is 25.3. The number of likely N-dealkylation sites (N-methyl/N-ethyl adjacent to an activating group) is 1. The molecule has 0 amide bonds. The fraction of sp³-hybridized carbons (Fsp3) is 0.462. The molecule has 1 aliphatic heterocycles. The number of ether oxygens (including phenoxy) is 1. The summed E-state index contributed by atoms with van der Waals surface area (Å²) in [5.74, 6) is -1.15. The number of fused-ring (bicyclic) bond motifs is 1. The van der Waals surface area contributed by atoms with Crippen LogP contribution >= 0.6 is 0 Å². The van der Waals surface area contributed by atoms with Crippen LogP contribution in [-0.4, -0.2) is 70.3 Å². The van der Waals surface area contributed by atoms with Crippen molar-refractivity contribution >= 4 is 11.5 Å². The number of nitrogens with zero attached hydrogens (tertiary/aromatic N) is 6. The van der Waals surface area contributed by atoms with Crippen molar-refractivity contribution in [2.24, 2.45) is 0 Å². The van der Waals surface area contributed by atoms with E-state index in [0.717, 1.165) is 38.4 Å². The smallest absolute Gasteiger partial charge is 0.190 e. The molecule has 8 nitrogen and oxygen atoms in total. The van der Waals surface area contributed by atoms with Crippen molar-refractivity contribution in [3.05, 3.63) is 53.7 Å². The minimum atomic E-state index is -0.678. The molecule has 2 aromatic heterocycles. The molecule has 3 heterocycles. The van der Waals surface area contributed by atoms with Crippen LogP contribution in [0.2, 0.25) is 0 Å². The van der Waals surface area contributed by atoms with Gasteiger partial charge in [0.15, 0.2) is 23.2 Å². The molecule has 3 aromatic rings. The van der Waals surface area contributed by atoms with Crippen LogP contribution in [-0.2, 0) is 13.0 Å². The Hall–Kier alpha value is -3.40. The van der Waals surface area contributed by atoms with Crippen molar-refractivity contribution < 1.29 is 18.3 Å². The third-order valence-electron chi connectivity index (χ3n) is 6.77. The van der Waals surface area contributed by atoms with Crippen LogP contribution in [0.4, 0.5) is 14.5 Å². The predicted molar refractivity (Wildman–Crippen MR) is 131 cm³/mol.